The number of aryl methyl sites for hydroxylation is 1. The molecule has 0 saturated carbocycles. The predicted molar refractivity (Wildman–Crippen MR) is 76.9 cm³/mol. The second-order valence-corrected chi connectivity index (χ2v) is 4.77. The average Bonchev–Trinajstić information content (AvgIpc) is 2.96. The van der Waals surface area contributed by atoms with E-state index in [1.807, 2.05) is 10.9 Å². The van der Waals surface area contributed by atoms with E-state index >= 15 is 0 Å². The Bertz CT molecular complexity index is 438. The van der Waals surface area contributed by atoms with Crippen LogP contribution in [0.15, 0.2) is 42.7 Å². The maximum atomic E-state index is 3.96. The number of nitrogens with one attached hydrogen (secondary N) is 1. The van der Waals surface area contributed by atoms with Crippen molar-refractivity contribution < 1.29 is 0 Å². The number of hydrogen-bond donors (Lipinski definition) is 1. The van der Waals surface area contributed by atoms with Gasteiger partial charge in [-0.05, 0) is 31.4 Å². The van der Waals surface area contributed by atoms with Crippen LogP contribution in [0.5, 0.6) is 0 Å². The summed E-state index contributed by atoms with van der Waals surface area (Å²) in [6, 6.07) is 11.2. The third kappa shape index (κ3) is 4.83. The van der Waals surface area contributed by atoms with Crippen LogP contribution >= 0.6 is 0 Å². The first-order chi connectivity index (χ1) is 9.38. The van der Waals surface area contributed by atoms with E-state index in [1.54, 1.807) is 6.20 Å². The van der Waals surface area contributed by atoms with Gasteiger partial charge in [0.2, 0.25) is 0 Å². The quantitative estimate of drug-likeness (QED) is 0.739. The van der Waals surface area contributed by atoms with E-state index in [9.17, 15) is 0 Å². The molecule has 2 aromatic rings. The first kappa shape index (κ1) is 13.7. The molecular formula is C15H22N4. The van der Waals surface area contributed by atoms with Gasteiger partial charge in [-0.2, -0.15) is 0 Å². The Morgan fingerprint density at radius 1 is 1.26 bits per heavy atom. The summed E-state index contributed by atoms with van der Waals surface area (Å²) in [6.07, 6.45) is 6.95. The van der Waals surface area contributed by atoms with Crippen molar-refractivity contribution in [1.29, 1.82) is 0 Å². The summed E-state index contributed by atoms with van der Waals surface area (Å²) < 4.78 is 1.87. The van der Waals surface area contributed by atoms with Crippen molar-refractivity contribution in [1.82, 2.24) is 20.3 Å². The van der Waals surface area contributed by atoms with E-state index in [4.69, 9.17) is 0 Å². The molecule has 0 radical (unpaired) electrons. The summed E-state index contributed by atoms with van der Waals surface area (Å²) in [7, 11) is 0. The molecular weight excluding hydrogens is 236 g/mol. The van der Waals surface area contributed by atoms with Crippen LogP contribution in [0.2, 0.25) is 0 Å². The highest BCUT2D eigenvalue weighted by Gasteiger charge is 2.06. The van der Waals surface area contributed by atoms with Crippen LogP contribution in [0.1, 0.15) is 25.3 Å². The third-order valence-electron chi connectivity index (χ3n) is 3.29. The van der Waals surface area contributed by atoms with Crippen molar-refractivity contribution in [2.24, 2.45) is 0 Å². The molecule has 0 saturated heterocycles. The smallest absolute Gasteiger partial charge is 0.0692 e. The molecule has 19 heavy (non-hydrogen) atoms. The molecule has 4 nitrogen and oxygen atoms in total. The van der Waals surface area contributed by atoms with Crippen molar-refractivity contribution in [3.8, 4) is 0 Å². The monoisotopic (exact) mass is 258 g/mol. The standard InChI is InChI=1S/C15H22N4/c1-2-15(13-14-7-4-3-5-8-14)16-9-6-11-19-12-10-17-18-19/h3-5,7-8,10,12,15-16H,2,6,9,11,13H2,1H3. The first-order valence-corrected chi connectivity index (χ1v) is 7.00. The number of hydrogen-bond acceptors (Lipinski definition) is 3. The summed E-state index contributed by atoms with van der Waals surface area (Å²) in [4.78, 5) is 0. The molecule has 1 aromatic carbocycles. The van der Waals surface area contributed by atoms with Crippen molar-refractivity contribution in [2.75, 3.05) is 6.54 Å². The van der Waals surface area contributed by atoms with Crippen LogP contribution in [-0.2, 0) is 13.0 Å². The lowest BCUT2D eigenvalue weighted by atomic mass is 10.0. The molecule has 0 fully saturated rings. The molecule has 0 aliphatic carbocycles. The molecule has 0 amide bonds. The highest BCUT2D eigenvalue weighted by atomic mass is 15.4. The largest absolute Gasteiger partial charge is 0.314 e. The van der Waals surface area contributed by atoms with Crippen LogP contribution in [0.4, 0.5) is 0 Å². The molecule has 0 spiro atoms. The minimum atomic E-state index is 0.554. The van der Waals surface area contributed by atoms with Gasteiger partial charge in [-0.25, -0.2) is 0 Å². The van der Waals surface area contributed by atoms with E-state index in [1.165, 1.54) is 5.56 Å². The van der Waals surface area contributed by atoms with Gasteiger partial charge in [-0.3, -0.25) is 4.68 Å². The van der Waals surface area contributed by atoms with E-state index in [0.717, 1.165) is 32.4 Å². The fourth-order valence-corrected chi connectivity index (χ4v) is 2.16. The Morgan fingerprint density at radius 3 is 2.79 bits per heavy atom. The van der Waals surface area contributed by atoms with Crippen LogP contribution in [0.3, 0.4) is 0 Å². The zero-order chi connectivity index (χ0) is 13.3. The SMILES string of the molecule is CCC(Cc1ccccc1)NCCCn1ccnn1. The van der Waals surface area contributed by atoms with Crippen LogP contribution in [0, 0.1) is 0 Å². The van der Waals surface area contributed by atoms with Gasteiger partial charge in [0.15, 0.2) is 0 Å². The molecule has 1 unspecified atom stereocenters. The fourth-order valence-electron chi connectivity index (χ4n) is 2.16. The van der Waals surface area contributed by atoms with Gasteiger partial charge in [0.25, 0.3) is 0 Å². The van der Waals surface area contributed by atoms with Crippen LogP contribution in [0.25, 0.3) is 0 Å². The molecule has 2 rings (SSSR count). The Labute approximate surface area is 114 Å². The van der Waals surface area contributed by atoms with Crippen molar-refractivity contribution in [3.63, 3.8) is 0 Å². The second-order valence-electron chi connectivity index (χ2n) is 4.77. The molecule has 0 aliphatic rings. The third-order valence-corrected chi connectivity index (χ3v) is 3.29. The second kappa shape index (κ2) is 7.69. The first-order valence-electron chi connectivity index (χ1n) is 7.00. The highest BCUT2D eigenvalue weighted by molar-refractivity contribution is 5.15. The molecule has 1 aromatic heterocycles. The van der Waals surface area contributed by atoms with E-state index < -0.39 is 0 Å². The summed E-state index contributed by atoms with van der Waals surface area (Å²) in [5.41, 5.74) is 1.40. The van der Waals surface area contributed by atoms with Gasteiger partial charge in [0, 0.05) is 18.8 Å². The fraction of sp³-hybridized carbons (Fsp3) is 0.467. The lowest BCUT2D eigenvalue weighted by molar-refractivity contribution is 0.461. The highest BCUT2D eigenvalue weighted by Crippen LogP contribution is 2.05. The van der Waals surface area contributed by atoms with Gasteiger partial charge < -0.3 is 5.32 Å². The maximum absolute atomic E-state index is 3.96. The molecule has 1 heterocycles. The van der Waals surface area contributed by atoms with Gasteiger partial charge in [-0.1, -0.05) is 42.5 Å². The molecule has 4 heteroatoms. The molecule has 1 N–H and O–H groups in total. The lowest BCUT2D eigenvalue weighted by Gasteiger charge is -2.17. The zero-order valence-corrected chi connectivity index (χ0v) is 11.5. The minimum absolute atomic E-state index is 0.554. The number of benzene rings is 1. The Kier molecular flexibility index (Phi) is 5.56. The van der Waals surface area contributed by atoms with Gasteiger partial charge >= 0.3 is 0 Å². The Hall–Kier alpha value is -1.68. The maximum Gasteiger partial charge on any atom is 0.0692 e. The van der Waals surface area contributed by atoms with E-state index in [0.29, 0.717) is 6.04 Å². The van der Waals surface area contributed by atoms with Gasteiger partial charge in [0.1, 0.15) is 0 Å². The Balaban J connectivity index is 1.68. The molecule has 1 atom stereocenters. The summed E-state index contributed by atoms with van der Waals surface area (Å²) in [5, 5.41) is 11.4. The van der Waals surface area contributed by atoms with Crippen molar-refractivity contribution in [2.45, 2.75) is 38.8 Å². The lowest BCUT2D eigenvalue weighted by Crippen LogP contribution is -2.31. The topological polar surface area (TPSA) is 42.7 Å². The molecule has 102 valence electrons. The predicted octanol–water partition coefficient (Wildman–Crippen LogP) is 2.28. The number of rotatable bonds is 8. The summed E-state index contributed by atoms with van der Waals surface area (Å²) in [5.74, 6) is 0. The van der Waals surface area contributed by atoms with E-state index in [2.05, 4.69) is 52.9 Å². The number of nitrogens with zero attached hydrogens (tertiary/aromatic N) is 3. The minimum Gasteiger partial charge on any atom is -0.314 e. The average molecular weight is 258 g/mol. The van der Waals surface area contributed by atoms with Crippen LogP contribution < -0.4 is 5.32 Å². The van der Waals surface area contributed by atoms with Crippen molar-refractivity contribution in [3.05, 3.63) is 48.3 Å². The zero-order valence-electron chi connectivity index (χ0n) is 11.5. The van der Waals surface area contributed by atoms with Gasteiger partial charge in [0.05, 0.1) is 6.20 Å². The molecule has 0 bridgehead atoms. The number of aromatic nitrogens is 3. The van der Waals surface area contributed by atoms with Crippen LogP contribution in [-0.4, -0.2) is 27.6 Å². The van der Waals surface area contributed by atoms with Gasteiger partial charge in [-0.15, -0.1) is 5.10 Å². The summed E-state index contributed by atoms with van der Waals surface area (Å²) >= 11 is 0. The normalized spacial score (nSPS) is 12.5. The van der Waals surface area contributed by atoms with Crippen molar-refractivity contribution >= 4 is 0 Å². The Morgan fingerprint density at radius 2 is 2.11 bits per heavy atom. The molecule has 0 aliphatic heterocycles. The summed E-state index contributed by atoms with van der Waals surface area (Å²) in [6.45, 7) is 4.18. The van der Waals surface area contributed by atoms with E-state index in [-0.39, 0.29) is 0 Å².